The molecule has 0 spiro atoms. The molecule has 0 aliphatic heterocycles. The van der Waals surface area contributed by atoms with Gasteiger partial charge in [-0.25, -0.2) is 0 Å². The summed E-state index contributed by atoms with van der Waals surface area (Å²) in [6.07, 6.45) is 2.91. The van der Waals surface area contributed by atoms with Crippen molar-refractivity contribution in [3.63, 3.8) is 0 Å². The van der Waals surface area contributed by atoms with Gasteiger partial charge in [0.1, 0.15) is 5.78 Å². The van der Waals surface area contributed by atoms with E-state index in [9.17, 15) is 4.79 Å². The molecule has 0 amide bonds. The third-order valence-electron chi connectivity index (χ3n) is 2.78. The fourth-order valence-electron chi connectivity index (χ4n) is 1.46. The lowest BCUT2D eigenvalue weighted by molar-refractivity contribution is -0.130. The lowest BCUT2D eigenvalue weighted by Gasteiger charge is -2.24. The standard InChI is InChI=1S/C14H24O/c1-10(2)12(5)8-9-14(6,7)13(15)11(3)4/h8,11H,1,9H2,2-7H3/b12-8+. The van der Waals surface area contributed by atoms with E-state index in [-0.39, 0.29) is 11.3 Å². The molecule has 0 saturated carbocycles. The van der Waals surface area contributed by atoms with Crippen LogP contribution in [0.1, 0.15) is 48.0 Å². The van der Waals surface area contributed by atoms with Crippen molar-refractivity contribution < 1.29 is 4.79 Å². The van der Waals surface area contributed by atoms with Crippen LogP contribution in [0.15, 0.2) is 23.8 Å². The van der Waals surface area contributed by atoms with Gasteiger partial charge in [-0.2, -0.15) is 0 Å². The van der Waals surface area contributed by atoms with Gasteiger partial charge in [0, 0.05) is 11.3 Å². The second-order valence-electron chi connectivity index (χ2n) is 5.27. The van der Waals surface area contributed by atoms with Crippen LogP contribution in [0.3, 0.4) is 0 Å². The molecular formula is C14H24O. The van der Waals surface area contributed by atoms with E-state index >= 15 is 0 Å². The molecule has 0 aliphatic carbocycles. The molecule has 0 aliphatic rings. The molecule has 0 N–H and O–H groups in total. The lowest BCUT2D eigenvalue weighted by atomic mass is 9.79. The highest BCUT2D eigenvalue weighted by molar-refractivity contribution is 5.85. The molecule has 0 rings (SSSR count). The van der Waals surface area contributed by atoms with Gasteiger partial charge in [0.25, 0.3) is 0 Å². The molecular weight excluding hydrogens is 184 g/mol. The van der Waals surface area contributed by atoms with Gasteiger partial charge in [0.05, 0.1) is 0 Å². The fraction of sp³-hybridized carbons (Fsp3) is 0.643. The van der Waals surface area contributed by atoms with Crippen LogP contribution in [0, 0.1) is 11.3 Å². The van der Waals surface area contributed by atoms with Crippen LogP contribution in [0.4, 0.5) is 0 Å². The second kappa shape index (κ2) is 5.29. The summed E-state index contributed by atoms with van der Waals surface area (Å²) in [6.45, 7) is 15.8. The molecule has 0 aromatic rings. The Morgan fingerprint density at radius 1 is 1.33 bits per heavy atom. The second-order valence-corrected chi connectivity index (χ2v) is 5.27. The van der Waals surface area contributed by atoms with E-state index in [0.717, 1.165) is 12.0 Å². The number of rotatable bonds is 5. The van der Waals surface area contributed by atoms with Gasteiger partial charge in [-0.05, 0) is 20.3 Å². The molecule has 0 heterocycles. The molecule has 0 unspecified atom stereocenters. The average Bonchev–Trinajstić information content (AvgIpc) is 2.12. The number of carbonyl (C=O) groups excluding carboxylic acids is 1. The monoisotopic (exact) mass is 208 g/mol. The van der Waals surface area contributed by atoms with Crippen molar-refractivity contribution in [1.82, 2.24) is 0 Å². The van der Waals surface area contributed by atoms with E-state index in [4.69, 9.17) is 0 Å². The Balaban J connectivity index is 4.59. The van der Waals surface area contributed by atoms with Crippen LogP contribution in [-0.2, 0) is 4.79 Å². The van der Waals surface area contributed by atoms with Crippen LogP contribution in [0.5, 0.6) is 0 Å². The van der Waals surface area contributed by atoms with E-state index in [1.165, 1.54) is 5.57 Å². The van der Waals surface area contributed by atoms with E-state index in [0.29, 0.717) is 5.78 Å². The minimum absolute atomic E-state index is 0.110. The van der Waals surface area contributed by atoms with Crippen LogP contribution < -0.4 is 0 Å². The summed E-state index contributed by atoms with van der Waals surface area (Å²) in [5.41, 5.74) is 1.99. The Morgan fingerprint density at radius 2 is 1.80 bits per heavy atom. The summed E-state index contributed by atoms with van der Waals surface area (Å²) < 4.78 is 0. The quantitative estimate of drug-likeness (QED) is 0.620. The number of Topliss-reactive ketones (excluding diaryl/α,β-unsaturated/α-hetero) is 1. The van der Waals surface area contributed by atoms with E-state index in [1.54, 1.807) is 0 Å². The van der Waals surface area contributed by atoms with Gasteiger partial charge in [0.2, 0.25) is 0 Å². The van der Waals surface area contributed by atoms with Gasteiger partial charge in [-0.15, -0.1) is 0 Å². The van der Waals surface area contributed by atoms with Crippen LogP contribution in [0.25, 0.3) is 0 Å². The molecule has 0 aromatic carbocycles. The maximum Gasteiger partial charge on any atom is 0.141 e. The predicted octanol–water partition coefficient (Wildman–Crippen LogP) is 4.15. The molecule has 0 atom stereocenters. The molecule has 15 heavy (non-hydrogen) atoms. The molecule has 1 heteroatoms. The first-order valence-electron chi connectivity index (χ1n) is 5.55. The lowest BCUT2D eigenvalue weighted by Crippen LogP contribution is -2.27. The average molecular weight is 208 g/mol. The minimum Gasteiger partial charge on any atom is -0.299 e. The Labute approximate surface area is 94.3 Å². The van der Waals surface area contributed by atoms with Crippen molar-refractivity contribution in [1.29, 1.82) is 0 Å². The van der Waals surface area contributed by atoms with Crippen molar-refractivity contribution >= 4 is 5.78 Å². The summed E-state index contributed by atoms with van der Waals surface area (Å²) in [5.74, 6) is 0.437. The van der Waals surface area contributed by atoms with Crippen molar-refractivity contribution in [3.05, 3.63) is 23.8 Å². The zero-order chi connectivity index (χ0) is 12.2. The summed E-state index contributed by atoms with van der Waals surface area (Å²) in [6, 6.07) is 0. The summed E-state index contributed by atoms with van der Waals surface area (Å²) in [5, 5.41) is 0. The highest BCUT2D eigenvalue weighted by Crippen LogP contribution is 2.27. The molecule has 86 valence electrons. The number of ketones is 1. The highest BCUT2D eigenvalue weighted by atomic mass is 16.1. The maximum atomic E-state index is 11.9. The number of hydrogen-bond donors (Lipinski definition) is 0. The minimum atomic E-state index is -0.259. The number of carbonyl (C=O) groups is 1. The zero-order valence-corrected chi connectivity index (χ0v) is 11.0. The molecule has 0 saturated heterocycles. The van der Waals surface area contributed by atoms with Crippen LogP contribution in [0.2, 0.25) is 0 Å². The van der Waals surface area contributed by atoms with Gasteiger partial charge < -0.3 is 0 Å². The Hall–Kier alpha value is -0.850. The molecule has 1 nitrogen and oxygen atoms in total. The van der Waals surface area contributed by atoms with Gasteiger partial charge in [0.15, 0.2) is 0 Å². The Morgan fingerprint density at radius 3 is 2.13 bits per heavy atom. The Bertz CT molecular complexity index is 280. The first-order chi connectivity index (χ1) is 6.68. The SMILES string of the molecule is C=C(C)/C(C)=C/CC(C)(C)C(=O)C(C)C. The van der Waals surface area contributed by atoms with E-state index < -0.39 is 0 Å². The van der Waals surface area contributed by atoms with Gasteiger partial charge in [-0.3, -0.25) is 4.79 Å². The fourth-order valence-corrected chi connectivity index (χ4v) is 1.46. The van der Waals surface area contributed by atoms with E-state index in [1.807, 2.05) is 41.5 Å². The first kappa shape index (κ1) is 14.2. The summed E-state index contributed by atoms with van der Waals surface area (Å²) in [4.78, 5) is 11.9. The molecule has 0 bridgehead atoms. The normalized spacial score (nSPS) is 13.1. The summed E-state index contributed by atoms with van der Waals surface area (Å²) in [7, 11) is 0. The Kier molecular flexibility index (Phi) is 4.99. The molecule has 0 fully saturated rings. The largest absolute Gasteiger partial charge is 0.299 e. The van der Waals surface area contributed by atoms with Crippen molar-refractivity contribution in [2.24, 2.45) is 11.3 Å². The molecule has 0 radical (unpaired) electrons. The third kappa shape index (κ3) is 4.46. The molecule has 0 aromatic heterocycles. The maximum absolute atomic E-state index is 11.9. The third-order valence-corrected chi connectivity index (χ3v) is 2.78. The van der Waals surface area contributed by atoms with Crippen molar-refractivity contribution in [2.75, 3.05) is 0 Å². The smallest absolute Gasteiger partial charge is 0.141 e. The summed E-state index contributed by atoms with van der Waals surface area (Å²) >= 11 is 0. The van der Waals surface area contributed by atoms with Crippen LogP contribution >= 0.6 is 0 Å². The van der Waals surface area contributed by atoms with Crippen molar-refractivity contribution in [3.8, 4) is 0 Å². The number of hydrogen-bond acceptors (Lipinski definition) is 1. The predicted molar refractivity (Wildman–Crippen MR) is 66.8 cm³/mol. The van der Waals surface area contributed by atoms with Crippen LogP contribution in [-0.4, -0.2) is 5.78 Å². The van der Waals surface area contributed by atoms with Crippen molar-refractivity contribution in [2.45, 2.75) is 48.0 Å². The van der Waals surface area contributed by atoms with Gasteiger partial charge in [-0.1, -0.05) is 51.5 Å². The zero-order valence-electron chi connectivity index (χ0n) is 11.0. The highest BCUT2D eigenvalue weighted by Gasteiger charge is 2.28. The van der Waals surface area contributed by atoms with Gasteiger partial charge >= 0.3 is 0 Å². The number of allylic oxidation sites excluding steroid dienone is 3. The first-order valence-corrected chi connectivity index (χ1v) is 5.55. The van der Waals surface area contributed by atoms with E-state index in [2.05, 4.69) is 12.7 Å². The topological polar surface area (TPSA) is 17.1 Å².